The molecule has 0 aliphatic heterocycles. The molecule has 0 spiro atoms. The zero-order valence-electron chi connectivity index (χ0n) is 8.06. The first-order valence-electron chi connectivity index (χ1n) is 4.56. The molecule has 1 fully saturated rings. The van der Waals surface area contributed by atoms with E-state index in [4.69, 9.17) is 5.73 Å². The van der Waals surface area contributed by atoms with Gasteiger partial charge in [-0.2, -0.15) is 13.2 Å². The zero-order chi connectivity index (χ0) is 12.6. The highest BCUT2D eigenvalue weighted by Crippen LogP contribution is 2.34. The van der Waals surface area contributed by atoms with Crippen molar-refractivity contribution < 1.29 is 31.5 Å². The van der Waals surface area contributed by atoms with Crippen LogP contribution in [0.2, 0.25) is 0 Å². The van der Waals surface area contributed by atoms with Crippen LogP contribution in [-0.2, 0) is 9.53 Å². The Morgan fingerprint density at radius 1 is 1.38 bits per heavy atom. The van der Waals surface area contributed by atoms with Crippen molar-refractivity contribution in [3.63, 3.8) is 0 Å². The van der Waals surface area contributed by atoms with Crippen LogP contribution < -0.4 is 5.73 Å². The van der Waals surface area contributed by atoms with Crippen LogP contribution >= 0.6 is 0 Å². The summed E-state index contributed by atoms with van der Waals surface area (Å²) < 4.78 is 65.4. The first kappa shape index (κ1) is 13.1. The quantitative estimate of drug-likeness (QED) is 0.565. The van der Waals surface area contributed by atoms with Crippen LogP contribution in [0.25, 0.3) is 0 Å². The van der Waals surface area contributed by atoms with Crippen LogP contribution in [0.1, 0.15) is 19.3 Å². The van der Waals surface area contributed by atoms with E-state index in [0.29, 0.717) is 0 Å². The first-order valence-corrected chi connectivity index (χ1v) is 4.56. The lowest BCUT2D eigenvalue weighted by Crippen LogP contribution is -2.54. The minimum Gasteiger partial charge on any atom is -0.454 e. The van der Waals surface area contributed by atoms with Gasteiger partial charge in [0.05, 0.1) is 0 Å². The number of ether oxygens (including phenoxy) is 1. The van der Waals surface area contributed by atoms with Gasteiger partial charge in [-0.3, -0.25) is 0 Å². The number of carbonyl (C=O) groups is 1. The van der Waals surface area contributed by atoms with Crippen LogP contribution in [0.3, 0.4) is 0 Å². The second-order valence-electron chi connectivity index (χ2n) is 3.62. The van der Waals surface area contributed by atoms with Gasteiger partial charge in [0.15, 0.2) is 0 Å². The molecule has 0 unspecified atom stereocenters. The maximum Gasteiger partial charge on any atom is 0.490 e. The molecular weight excluding hydrogens is 237 g/mol. The summed E-state index contributed by atoms with van der Waals surface area (Å²) in [6, 6.07) is -1.88. The van der Waals surface area contributed by atoms with Crippen molar-refractivity contribution in [3.05, 3.63) is 0 Å². The molecule has 1 rings (SSSR count). The molecule has 2 N–H and O–H groups in total. The number of nitrogens with two attached hydrogens (primary N) is 1. The largest absolute Gasteiger partial charge is 0.490 e. The standard InChI is InChI=1S/C8H10F5NO2/c9-7(10)3-1-2-4(5(7)14)16-6(15)8(11,12)13/h4-5H,1-3,14H2/t4-,5+/m0/s1. The van der Waals surface area contributed by atoms with Gasteiger partial charge < -0.3 is 10.5 Å². The van der Waals surface area contributed by atoms with E-state index in [2.05, 4.69) is 4.74 Å². The smallest absolute Gasteiger partial charge is 0.454 e. The predicted molar refractivity (Wildman–Crippen MR) is 42.7 cm³/mol. The SMILES string of the molecule is N[C@@H]1[C@@H](OC(=O)C(F)(F)F)CCCC1(F)F. The lowest BCUT2D eigenvalue weighted by molar-refractivity contribution is -0.212. The Morgan fingerprint density at radius 3 is 2.44 bits per heavy atom. The lowest BCUT2D eigenvalue weighted by Gasteiger charge is -2.34. The summed E-state index contributed by atoms with van der Waals surface area (Å²) in [6.07, 6.45) is -7.40. The molecule has 0 radical (unpaired) electrons. The van der Waals surface area contributed by atoms with Gasteiger partial charge in [-0.1, -0.05) is 0 Å². The van der Waals surface area contributed by atoms with Gasteiger partial charge in [0, 0.05) is 6.42 Å². The third kappa shape index (κ3) is 2.81. The summed E-state index contributed by atoms with van der Waals surface area (Å²) in [7, 11) is 0. The number of halogens is 5. The van der Waals surface area contributed by atoms with Gasteiger partial charge >= 0.3 is 12.1 Å². The highest BCUT2D eigenvalue weighted by Gasteiger charge is 2.49. The summed E-state index contributed by atoms with van der Waals surface area (Å²) in [6.45, 7) is 0. The van der Waals surface area contributed by atoms with Gasteiger partial charge in [-0.05, 0) is 12.8 Å². The fourth-order valence-electron chi connectivity index (χ4n) is 1.49. The van der Waals surface area contributed by atoms with Crippen molar-refractivity contribution in [2.75, 3.05) is 0 Å². The molecule has 0 amide bonds. The van der Waals surface area contributed by atoms with Crippen LogP contribution in [0.15, 0.2) is 0 Å². The lowest BCUT2D eigenvalue weighted by atomic mass is 9.89. The fraction of sp³-hybridized carbons (Fsp3) is 0.875. The Bertz CT molecular complexity index is 278. The molecular formula is C8H10F5NO2. The zero-order valence-corrected chi connectivity index (χ0v) is 8.06. The highest BCUT2D eigenvalue weighted by molar-refractivity contribution is 5.75. The number of hydrogen-bond donors (Lipinski definition) is 1. The number of alkyl halides is 5. The van der Waals surface area contributed by atoms with Gasteiger partial charge in [-0.15, -0.1) is 0 Å². The average molecular weight is 247 g/mol. The second kappa shape index (κ2) is 4.15. The van der Waals surface area contributed by atoms with Crippen molar-refractivity contribution in [3.8, 4) is 0 Å². The molecule has 0 saturated heterocycles. The van der Waals surface area contributed by atoms with E-state index in [1.54, 1.807) is 0 Å². The normalized spacial score (nSPS) is 29.9. The van der Waals surface area contributed by atoms with Crippen molar-refractivity contribution in [2.24, 2.45) is 5.73 Å². The second-order valence-corrected chi connectivity index (χ2v) is 3.62. The Balaban J connectivity index is 2.65. The number of hydrogen-bond acceptors (Lipinski definition) is 3. The van der Waals surface area contributed by atoms with E-state index in [-0.39, 0.29) is 12.8 Å². The van der Waals surface area contributed by atoms with Crippen molar-refractivity contribution in [1.29, 1.82) is 0 Å². The van der Waals surface area contributed by atoms with E-state index >= 15 is 0 Å². The Morgan fingerprint density at radius 2 is 1.94 bits per heavy atom. The molecule has 2 atom stereocenters. The van der Waals surface area contributed by atoms with Crippen LogP contribution in [0, 0.1) is 0 Å². The number of carbonyl (C=O) groups excluding carboxylic acids is 1. The van der Waals surface area contributed by atoms with E-state index in [1.165, 1.54) is 0 Å². The van der Waals surface area contributed by atoms with Crippen molar-refractivity contribution in [1.82, 2.24) is 0 Å². The van der Waals surface area contributed by atoms with Crippen molar-refractivity contribution in [2.45, 2.75) is 43.5 Å². The van der Waals surface area contributed by atoms with Crippen LogP contribution in [-0.4, -0.2) is 30.2 Å². The van der Waals surface area contributed by atoms with E-state index in [9.17, 15) is 26.7 Å². The molecule has 0 aromatic heterocycles. The highest BCUT2D eigenvalue weighted by atomic mass is 19.4. The maximum absolute atomic E-state index is 13.0. The van der Waals surface area contributed by atoms with Gasteiger partial charge in [0.1, 0.15) is 12.1 Å². The Hall–Kier alpha value is -0.920. The Labute approximate surface area is 87.7 Å². The molecule has 8 heteroatoms. The monoisotopic (exact) mass is 247 g/mol. The van der Waals surface area contributed by atoms with Crippen molar-refractivity contribution >= 4 is 5.97 Å². The molecule has 0 aromatic carbocycles. The third-order valence-electron chi connectivity index (χ3n) is 2.38. The van der Waals surface area contributed by atoms with Crippen LogP contribution in [0.4, 0.5) is 22.0 Å². The van der Waals surface area contributed by atoms with Crippen LogP contribution in [0.5, 0.6) is 0 Å². The molecule has 0 heterocycles. The Kier molecular flexibility index (Phi) is 3.41. The van der Waals surface area contributed by atoms with E-state index < -0.39 is 36.6 Å². The number of esters is 1. The van der Waals surface area contributed by atoms with E-state index in [0.717, 1.165) is 0 Å². The van der Waals surface area contributed by atoms with Gasteiger partial charge in [0.25, 0.3) is 5.92 Å². The third-order valence-corrected chi connectivity index (χ3v) is 2.38. The summed E-state index contributed by atoms with van der Waals surface area (Å²) in [5.41, 5.74) is 5.05. The topological polar surface area (TPSA) is 52.3 Å². The molecule has 0 aromatic rings. The average Bonchev–Trinajstić information content (AvgIpc) is 2.11. The first-order chi connectivity index (χ1) is 7.14. The fourth-order valence-corrected chi connectivity index (χ4v) is 1.49. The predicted octanol–water partition coefficient (Wildman–Crippen LogP) is 1.61. The summed E-state index contributed by atoms with van der Waals surface area (Å²) >= 11 is 0. The van der Waals surface area contributed by atoms with Gasteiger partial charge in [0.2, 0.25) is 0 Å². The molecule has 16 heavy (non-hydrogen) atoms. The summed E-state index contributed by atoms with van der Waals surface area (Å²) in [4.78, 5) is 10.4. The van der Waals surface area contributed by atoms with E-state index in [1.807, 2.05) is 0 Å². The minimum absolute atomic E-state index is 0.0312. The minimum atomic E-state index is -5.19. The summed E-state index contributed by atoms with van der Waals surface area (Å²) in [5, 5.41) is 0. The molecule has 3 nitrogen and oxygen atoms in total. The molecule has 1 aliphatic rings. The summed E-state index contributed by atoms with van der Waals surface area (Å²) in [5.74, 6) is -5.78. The number of rotatable bonds is 1. The molecule has 0 bridgehead atoms. The van der Waals surface area contributed by atoms with Gasteiger partial charge in [-0.25, -0.2) is 13.6 Å². The maximum atomic E-state index is 13.0. The molecule has 1 aliphatic carbocycles. The molecule has 1 saturated carbocycles. The molecule has 94 valence electrons.